The van der Waals surface area contributed by atoms with Gasteiger partial charge in [0.1, 0.15) is 12.1 Å². The molecule has 0 aliphatic rings. The molecule has 2 aromatic heterocycles. The fraction of sp³-hybridized carbons (Fsp3) is 0.316. The van der Waals surface area contributed by atoms with E-state index in [4.69, 9.17) is 0 Å². The van der Waals surface area contributed by atoms with Crippen molar-refractivity contribution >= 4 is 29.0 Å². The van der Waals surface area contributed by atoms with Gasteiger partial charge in [-0.05, 0) is 49.4 Å². The highest BCUT2D eigenvalue weighted by atomic mass is 32.2. The minimum Gasteiger partial charge on any atom is -0.349 e. The average molecular weight is 405 g/mol. The molecule has 0 fully saturated rings. The van der Waals surface area contributed by atoms with Crippen molar-refractivity contribution in [2.45, 2.75) is 43.3 Å². The number of aromatic nitrogens is 3. The molecule has 2 heterocycles. The van der Waals surface area contributed by atoms with Crippen LogP contribution in [0.1, 0.15) is 30.3 Å². The molecule has 0 aliphatic carbocycles. The van der Waals surface area contributed by atoms with Crippen molar-refractivity contribution in [3.8, 4) is 0 Å². The van der Waals surface area contributed by atoms with E-state index >= 15 is 0 Å². The number of hydrogen-bond donors (Lipinski definition) is 1. The van der Waals surface area contributed by atoms with E-state index in [-0.39, 0.29) is 23.0 Å². The van der Waals surface area contributed by atoms with Gasteiger partial charge < -0.3 is 9.88 Å². The van der Waals surface area contributed by atoms with Crippen LogP contribution in [-0.4, -0.2) is 25.9 Å². The Morgan fingerprint density at radius 2 is 2.07 bits per heavy atom. The second-order valence-electron chi connectivity index (χ2n) is 6.18. The third kappa shape index (κ3) is 5.40. The minimum absolute atomic E-state index is 0.0929. The van der Waals surface area contributed by atoms with Crippen LogP contribution in [0.3, 0.4) is 0 Å². The number of carbonyl (C=O) groups is 1. The standard InChI is InChI=1S/C19H21FN4OS2/c1-13(15-5-7-16(20)8-6-15)22-18(25)14(2)27-19-23-21-12-24(19)10-9-17-4-3-11-26-17/h3-8,11-14H,9-10H2,1-2H3,(H,22,25). The van der Waals surface area contributed by atoms with Gasteiger partial charge in [-0.15, -0.1) is 21.5 Å². The van der Waals surface area contributed by atoms with Gasteiger partial charge in [-0.1, -0.05) is 30.0 Å². The quantitative estimate of drug-likeness (QED) is 0.575. The van der Waals surface area contributed by atoms with Crippen LogP contribution in [0, 0.1) is 5.82 Å². The van der Waals surface area contributed by atoms with Crippen molar-refractivity contribution in [1.29, 1.82) is 0 Å². The second-order valence-corrected chi connectivity index (χ2v) is 8.52. The molecule has 2 unspecified atom stereocenters. The summed E-state index contributed by atoms with van der Waals surface area (Å²) in [6.45, 7) is 4.50. The Hall–Kier alpha value is -2.19. The second kappa shape index (κ2) is 9.14. The molecule has 27 heavy (non-hydrogen) atoms. The van der Waals surface area contributed by atoms with Crippen LogP contribution in [-0.2, 0) is 17.8 Å². The topological polar surface area (TPSA) is 59.8 Å². The summed E-state index contributed by atoms with van der Waals surface area (Å²) in [4.78, 5) is 13.8. The first-order chi connectivity index (χ1) is 13.0. The minimum atomic E-state index is -0.322. The van der Waals surface area contributed by atoms with E-state index < -0.39 is 0 Å². The number of nitrogens with zero attached hydrogens (tertiary/aromatic N) is 3. The van der Waals surface area contributed by atoms with Gasteiger partial charge >= 0.3 is 0 Å². The molecule has 0 saturated carbocycles. The molecule has 0 aliphatic heterocycles. The summed E-state index contributed by atoms with van der Waals surface area (Å²) in [7, 11) is 0. The zero-order valence-corrected chi connectivity index (χ0v) is 16.8. The summed E-state index contributed by atoms with van der Waals surface area (Å²) in [5.74, 6) is -0.382. The summed E-state index contributed by atoms with van der Waals surface area (Å²) in [6, 6.07) is 10.1. The van der Waals surface area contributed by atoms with Crippen molar-refractivity contribution < 1.29 is 9.18 Å². The number of halogens is 1. The molecule has 0 bridgehead atoms. The number of carbonyl (C=O) groups excluding carboxylic acids is 1. The molecule has 1 aromatic carbocycles. The van der Waals surface area contributed by atoms with E-state index in [0.717, 1.165) is 23.7 Å². The van der Waals surface area contributed by atoms with Crippen LogP contribution in [0.2, 0.25) is 0 Å². The fourth-order valence-corrected chi connectivity index (χ4v) is 4.11. The molecular weight excluding hydrogens is 383 g/mol. The van der Waals surface area contributed by atoms with Crippen molar-refractivity contribution in [1.82, 2.24) is 20.1 Å². The van der Waals surface area contributed by atoms with Gasteiger partial charge in [0.05, 0.1) is 11.3 Å². The van der Waals surface area contributed by atoms with E-state index in [2.05, 4.69) is 27.0 Å². The van der Waals surface area contributed by atoms with Crippen LogP contribution in [0.25, 0.3) is 0 Å². The highest BCUT2D eigenvalue weighted by molar-refractivity contribution is 8.00. The normalized spacial score (nSPS) is 13.3. The zero-order chi connectivity index (χ0) is 19.2. The van der Waals surface area contributed by atoms with Crippen molar-refractivity contribution in [2.75, 3.05) is 0 Å². The summed E-state index contributed by atoms with van der Waals surface area (Å²) in [6.07, 6.45) is 2.60. The predicted octanol–water partition coefficient (Wildman–Crippen LogP) is 4.08. The number of nitrogens with one attached hydrogen (secondary N) is 1. The average Bonchev–Trinajstić information content (AvgIpc) is 3.32. The molecular formula is C19H21FN4OS2. The van der Waals surface area contributed by atoms with Gasteiger partial charge in [0, 0.05) is 11.4 Å². The summed E-state index contributed by atoms with van der Waals surface area (Å²) >= 11 is 3.11. The number of thioether (sulfide) groups is 1. The van der Waals surface area contributed by atoms with Crippen LogP contribution in [0.15, 0.2) is 53.3 Å². The van der Waals surface area contributed by atoms with Gasteiger partial charge in [-0.3, -0.25) is 4.79 Å². The maximum Gasteiger partial charge on any atom is 0.233 e. The highest BCUT2D eigenvalue weighted by Crippen LogP contribution is 2.23. The monoisotopic (exact) mass is 404 g/mol. The Kier molecular flexibility index (Phi) is 6.63. The highest BCUT2D eigenvalue weighted by Gasteiger charge is 2.20. The lowest BCUT2D eigenvalue weighted by Gasteiger charge is -2.17. The third-order valence-corrected chi connectivity index (χ3v) is 6.17. The predicted molar refractivity (Wildman–Crippen MR) is 106 cm³/mol. The van der Waals surface area contributed by atoms with Crippen LogP contribution < -0.4 is 5.32 Å². The Balaban J connectivity index is 1.55. The summed E-state index contributed by atoms with van der Waals surface area (Å²) < 4.78 is 15.0. The van der Waals surface area contributed by atoms with Gasteiger partial charge in [0.2, 0.25) is 5.91 Å². The Morgan fingerprint density at radius 1 is 1.30 bits per heavy atom. The van der Waals surface area contributed by atoms with Crippen LogP contribution >= 0.6 is 23.1 Å². The smallest absolute Gasteiger partial charge is 0.233 e. The number of hydrogen-bond acceptors (Lipinski definition) is 5. The number of thiophene rings is 1. The van der Waals surface area contributed by atoms with E-state index in [9.17, 15) is 9.18 Å². The Labute approximate surface area is 166 Å². The Bertz CT molecular complexity index is 864. The lowest BCUT2D eigenvalue weighted by molar-refractivity contribution is -0.120. The van der Waals surface area contributed by atoms with Crippen molar-refractivity contribution in [2.24, 2.45) is 0 Å². The molecule has 0 radical (unpaired) electrons. The first-order valence-electron chi connectivity index (χ1n) is 8.65. The van der Waals surface area contributed by atoms with Crippen LogP contribution in [0.4, 0.5) is 4.39 Å². The number of benzene rings is 1. The lowest BCUT2D eigenvalue weighted by atomic mass is 10.1. The largest absolute Gasteiger partial charge is 0.349 e. The van der Waals surface area contributed by atoms with Gasteiger partial charge in [-0.2, -0.15) is 0 Å². The van der Waals surface area contributed by atoms with Crippen molar-refractivity contribution in [3.05, 3.63) is 64.4 Å². The van der Waals surface area contributed by atoms with E-state index in [0.29, 0.717) is 0 Å². The number of aryl methyl sites for hydroxylation is 2. The van der Waals surface area contributed by atoms with Gasteiger partial charge in [0.25, 0.3) is 0 Å². The Morgan fingerprint density at radius 3 is 2.78 bits per heavy atom. The first-order valence-corrected chi connectivity index (χ1v) is 10.4. The van der Waals surface area contributed by atoms with Gasteiger partial charge in [-0.25, -0.2) is 4.39 Å². The molecule has 5 nitrogen and oxygen atoms in total. The molecule has 0 saturated heterocycles. The molecule has 1 N–H and O–H groups in total. The molecule has 3 aromatic rings. The third-order valence-electron chi connectivity index (χ3n) is 4.14. The molecule has 142 valence electrons. The molecule has 2 atom stereocenters. The lowest BCUT2D eigenvalue weighted by Crippen LogP contribution is -2.33. The molecule has 0 spiro atoms. The molecule has 8 heteroatoms. The first kappa shape index (κ1) is 19.6. The molecule has 1 amide bonds. The summed E-state index contributed by atoms with van der Waals surface area (Å²) in [5.41, 5.74) is 0.862. The zero-order valence-electron chi connectivity index (χ0n) is 15.1. The van der Waals surface area contributed by atoms with Crippen LogP contribution in [0.5, 0.6) is 0 Å². The number of amides is 1. The maximum absolute atomic E-state index is 13.0. The number of rotatable bonds is 8. The summed E-state index contributed by atoms with van der Waals surface area (Å²) in [5, 5.41) is 13.6. The van der Waals surface area contributed by atoms with E-state index in [1.165, 1.54) is 28.8 Å². The fourth-order valence-electron chi connectivity index (χ4n) is 2.55. The van der Waals surface area contributed by atoms with Crippen molar-refractivity contribution in [3.63, 3.8) is 0 Å². The van der Waals surface area contributed by atoms with E-state index in [1.54, 1.807) is 29.8 Å². The molecule has 3 rings (SSSR count). The van der Waals surface area contributed by atoms with E-state index in [1.807, 2.05) is 24.5 Å². The maximum atomic E-state index is 13.0. The van der Waals surface area contributed by atoms with Gasteiger partial charge in [0.15, 0.2) is 5.16 Å². The SMILES string of the molecule is CC(Sc1nncn1CCc1cccs1)C(=O)NC(C)c1ccc(F)cc1.